The van der Waals surface area contributed by atoms with Crippen molar-refractivity contribution in [2.24, 2.45) is 0 Å². The Hall–Kier alpha value is -1.38. The van der Waals surface area contributed by atoms with Crippen LogP contribution in [0.1, 0.15) is 54.0 Å². The van der Waals surface area contributed by atoms with E-state index in [0.717, 1.165) is 5.56 Å². The quantitative estimate of drug-likeness (QED) is 0.869. The number of nitrogens with one attached hydrogen (secondary N) is 1. The molecule has 1 amide bonds. The molecule has 0 heterocycles. The van der Waals surface area contributed by atoms with Crippen LogP contribution < -0.4 is 5.32 Å². The first-order valence-corrected chi connectivity index (χ1v) is 6.92. The van der Waals surface area contributed by atoms with E-state index >= 15 is 0 Å². The van der Waals surface area contributed by atoms with E-state index in [-0.39, 0.29) is 17.3 Å². The van der Waals surface area contributed by atoms with Crippen molar-refractivity contribution in [1.29, 1.82) is 0 Å². The summed E-state index contributed by atoms with van der Waals surface area (Å²) in [5, 5.41) is 2.85. The molecule has 0 spiro atoms. The zero-order valence-corrected chi connectivity index (χ0v) is 13.3. The lowest BCUT2D eigenvalue weighted by molar-refractivity contribution is -0.120. The highest BCUT2D eigenvalue weighted by Gasteiger charge is 2.18. The number of rotatable bonds is 3. The molecule has 1 aromatic rings. The summed E-state index contributed by atoms with van der Waals surface area (Å²) in [4.78, 5) is 10.9. The Morgan fingerprint density at radius 2 is 1.53 bits per heavy atom. The van der Waals surface area contributed by atoms with Crippen molar-refractivity contribution in [3.8, 4) is 0 Å². The highest BCUT2D eigenvalue weighted by molar-refractivity contribution is 5.73. The fraction of sp³-hybridized carbons (Fsp3) is 0.562. The van der Waals surface area contributed by atoms with Gasteiger partial charge in [-0.2, -0.15) is 0 Å². The highest BCUT2D eigenvalue weighted by Crippen LogP contribution is 2.13. The Morgan fingerprint density at radius 3 is 1.89 bits per heavy atom. The normalized spacial score (nSPS) is 9.47. The van der Waals surface area contributed by atoms with Gasteiger partial charge in [-0.05, 0) is 38.0 Å². The van der Waals surface area contributed by atoms with Gasteiger partial charge in [-0.25, -0.2) is 4.39 Å². The molecule has 110 valence electrons. The summed E-state index contributed by atoms with van der Waals surface area (Å²) in [5.74, 6) is -0.293. The third-order valence-electron chi connectivity index (χ3n) is 2.07. The van der Waals surface area contributed by atoms with Crippen molar-refractivity contribution in [3.63, 3.8) is 0 Å². The monoisotopic (exact) mass is 269 g/mol. The van der Waals surface area contributed by atoms with Crippen LogP contribution in [0.4, 0.5) is 4.39 Å². The van der Waals surface area contributed by atoms with Gasteiger partial charge >= 0.3 is 0 Å². The molecule has 0 fully saturated rings. The molecule has 0 saturated heterocycles. The van der Waals surface area contributed by atoms with E-state index in [1.807, 2.05) is 41.5 Å². The average molecular weight is 269 g/mol. The summed E-state index contributed by atoms with van der Waals surface area (Å²) >= 11 is 0. The SMILES string of the molecule is CC.CC.CC(=O)NC(C)(C)Cc1ccc(F)cc1. The maximum absolute atomic E-state index is 12.7. The third-order valence-corrected chi connectivity index (χ3v) is 2.07. The van der Waals surface area contributed by atoms with E-state index in [1.165, 1.54) is 19.1 Å². The molecule has 0 unspecified atom stereocenters. The fourth-order valence-corrected chi connectivity index (χ4v) is 1.63. The van der Waals surface area contributed by atoms with Crippen LogP contribution >= 0.6 is 0 Å². The topological polar surface area (TPSA) is 29.1 Å². The van der Waals surface area contributed by atoms with Gasteiger partial charge in [0.05, 0.1) is 0 Å². The van der Waals surface area contributed by atoms with Crippen LogP contribution in [0.15, 0.2) is 24.3 Å². The molecule has 1 aromatic carbocycles. The van der Waals surface area contributed by atoms with Gasteiger partial charge in [-0.1, -0.05) is 39.8 Å². The molecule has 0 bridgehead atoms. The van der Waals surface area contributed by atoms with Crippen LogP contribution in [0, 0.1) is 5.82 Å². The Morgan fingerprint density at radius 1 is 1.11 bits per heavy atom. The number of carbonyl (C=O) groups is 1. The zero-order chi connectivity index (χ0) is 15.5. The lowest BCUT2D eigenvalue weighted by atomic mass is 9.95. The molecule has 1 rings (SSSR count). The van der Waals surface area contributed by atoms with Gasteiger partial charge in [-0.15, -0.1) is 0 Å². The maximum atomic E-state index is 12.7. The van der Waals surface area contributed by atoms with Crippen LogP contribution in [-0.4, -0.2) is 11.4 Å². The molecule has 0 aliphatic rings. The number of hydrogen-bond acceptors (Lipinski definition) is 1. The molecule has 3 heteroatoms. The smallest absolute Gasteiger partial charge is 0.217 e. The Bertz CT molecular complexity index is 344. The third kappa shape index (κ3) is 10.2. The predicted octanol–water partition coefficient (Wildman–Crippen LogP) is 4.34. The van der Waals surface area contributed by atoms with Crippen molar-refractivity contribution < 1.29 is 9.18 Å². The first-order valence-electron chi connectivity index (χ1n) is 6.92. The van der Waals surface area contributed by atoms with Gasteiger partial charge in [0, 0.05) is 12.5 Å². The molecule has 0 atom stereocenters. The molecule has 1 N–H and O–H groups in total. The van der Waals surface area contributed by atoms with E-state index in [2.05, 4.69) is 5.32 Å². The molecular formula is C16H28FNO. The van der Waals surface area contributed by atoms with Crippen LogP contribution in [0.5, 0.6) is 0 Å². The van der Waals surface area contributed by atoms with Gasteiger partial charge in [0.2, 0.25) is 5.91 Å². The Labute approximate surface area is 117 Å². The minimum Gasteiger partial charge on any atom is -0.351 e. The highest BCUT2D eigenvalue weighted by atomic mass is 19.1. The number of halogens is 1. The standard InChI is InChI=1S/C12H16FNO.2C2H6/c1-9(15)14-12(2,3)8-10-4-6-11(13)7-5-10;2*1-2/h4-7H,8H2,1-3H3,(H,14,15);2*1-2H3. The lowest BCUT2D eigenvalue weighted by Gasteiger charge is -2.25. The van der Waals surface area contributed by atoms with Gasteiger partial charge in [0.1, 0.15) is 5.82 Å². The van der Waals surface area contributed by atoms with Gasteiger partial charge in [-0.3, -0.25) is 4.79 Å². The van der Waals surface area contributed by atoms with Crippen LogP contribution in [0.25, 0.3) is 0 Å². The van der Waals surface area contributed by atoms with Crippen molar-refractivity contribution in [3.05, 3.63) is 35.6 Å². The maximum Gasteiger partial charge on any atom is 0.217 e. The molecular weight excluding hydrogens is 241 g/mol. The first-order chi connectivity index (χ1) is 8.89. The second-order valence-corrected chi connectivity index (χ2v) is 4.37. The molecule has 0 aromatic heterocycles. The largest absolute Gasteiger partial charge is 0.351 e. The number of hydrogen-bond donors (Lipinski definition) is 1. The van der Waals surface area contributed by atoms with E-state index < -0.39 is 0 Å². The van der Waals surface area contributed by atoms with Gasteiger partial charge < -0.3 is 5.32 Å². The summed E-state index contributed by atoms with van der Waals surface area (Å²) in [6.45, 7) is 13.4. The molecule has 2 nitrogen and oxygen atoms in total. The van der Waals surface area contributed by atoms with Gasteiger partial charge in [0.15, 0.2) is 0 Å². The number of amides is 1. The van der Waals surface area contributed by atoms with Crippen molar-refractivity contribution in [1.82, 2.24) is 5.32 Å². The van der Waals surface area contributed by atoms with E-state index in [0.29, 0.717) is 6.42 Å². The predicted molar refractivity (Wildman–Crippen MR) is 80.7 cm³/mol. The molecule has 0 aliphatic heterocycles. The minimum absolute atomic E-state index is 0.0536. The summed E-state index contributed by atoms with van der Waals surface area (Å²) in [5.41, 5.74) is 0.707. The zero-order valence-electron chi connectivity index (χ0n) is 13.3. The Balaban J connectivity index is 0. The lowest BCUT2D eigenvalue weighted by Crippen LogP contribution is -2.43. The summed E-state index contributed by atoms with van der Waals surface area (Å²) in [7, 11) is 0. The van der Waals surface area contributed by atoms with E-state index in [1.54, 1.807) is 12.1 Å². The van der Waals surface area contributed by atoms with Crippen LogP contribution in [0.3, 0.4) is 0 Å². The summed E-state index contributed by atoms with van der Waals surface area (Å²) in [6, 6.07) is 6.33. The minimum atomic E-state index is -0.302. The fourth-order valence-electron chi connectivity index (χ4n) is 1.63. The van der Waals surface area contributed by atoms with E-state index in [4.69, 9.17) is 0 Å². The van der Waals surface area contributed by atoms with Crippen LogP contribution in [0.2, 0.25) is 0 Å². The van der Waals surface area contributed by atoms with Crippen molar-refractivity contribution in [2.75, 3.05) is 0 Å². The van der Waals surface area contributed by atoms with E-state index in [9.17, 15) is 9.18 Å². The molecule has 0 saturated carbocycles. The second-order valence-electron chi connectivity index (χ2n) is 4.37. The van der Waals surface area contributed by atoms with Crippen LogP contribution in [-0.2, 0) is 11.2 Å². The van der Waals surface area contributed by atoms with Gasteiger partial charge in [0.25, 0.3) is 0 Å². The first kappa shape index (κ1) is 19.9. The number of carbonyl (C=O) groups excluding carboxylic acids is 1. The molecule has 19 heavy (non-hydrogen) atoms. The number of benzene rings is 1. The molecule has 0 aliphatic carbocycles. The van der Waals surface area contributed by atoms with Crippen molar-refractivity contribution in [2.45, 2.75) is 60.4 Å². The molecule has 0 radical (unpaired) electrons. The van der Waals surface area contributed by atoms with Crippen molar-refractivity contribution >= 4 is 5.91 Å². The second kappa shape index (κ2) is 10.5. The summed E-state index contributed by atoms with van der Waals surface area (Å²) < 4.78 is 12.7. The Kier molecular flexibility index (Phi) is 11.1. The summed E-state index contributed by atoms with van der Waals surface area (Å²) in [6.07, 6.45) is 0.687. The average Bonchev–Trinajstić information content (AvgIpc) is 2.35.